The summed E-state index contributed by atoms with van der Waals surface area (Å²) in [4.78, 5) is 14.7. The molecule has 0 fully saturated rings. The van der Waals surface area contributed by atoms with E-state index in [1.165, 1.54) is 13.3 Å². The van der Waals surface area contributed by atoms with E-state index in [4.69, 9.17) is 9.15 Å². The first-order valence-electron chi connectivity index (χ1n) is 11.0. The van der Waals surface area contributed by atoms with E-state index in [1.807, 2.05) is 19.1 Å². The van der Waals surface area contributed by atoms with Gasteiger partial charge in [-0.1, -0.05) is 25.1 Å². The fourth-order valence-corrected chi connectivity index (χ4v) is 4.37. The number of nitrogens with zero attached hydrogens (tertiary/aromatic N) is 2. The highest BCUT2D eigenvalue weighted by molar-refractivity contribution is 5.98. The summed E-state index contributed by atoms with van der Waals surface area (Å²) in [5, 5.41) is 4.70. The standard InChI is InChI=1S/C26H28FN3O3/c1-6-10-30-21-13-20(27)18(11-19(21)16(2)14-26(30,3)4)15-28-29-25(31)23-12-17-8-7-9-22(32-5)24(17)33-23/h7-9,11-15H,6,10H2,1-5H3,(H,29,31)/b28-15-. The Morgan fingerprint density at radius 1 is 1.30 bits per heavy atom. The van der Waals surface area contributed by atoms with E-state index in [2.05, 4.69) is 42.3 Å². The molecule has 0 radical (unpaired) electrons. The molecule has 6 nitrogen and oxygen atoms in total. The summed E-state index contributed by atoms with van der Waals surface area (Å²) in [7, 11) is 1.54. The molecule has 0 aliphatic carbocycles. The number of halogens is 1. The molecule has 33 heavy (non-hydrogen) atoms. The highest BCUT2D eigenvalue weighted by Crippen LogP contribution is 2.40. The van der Waals surface area contributed by atoms with E-state index >= 15 is 0 Å². The van der Waals surface area contributed by atoms with Crippen molar-refractivity contribution in [3.63, 3.8) is 0 Å². The molecule has 1 aromatic heterocycles. The van der Waals surface area contributed by atoms with Crippen molar-refractivity contribution < 1.29 is 18.3 Å². The third-order valence-corrected chi connectivity index (χ3v) is 5.86. The molecule has 0 bridgehead atoms. The minimum absolute atomic E-state index is 0.0915. The Kier molecular flexibility index (Phi) is 5.97. The summed E-state index contributed by atoms with van der Waals surface area (Å²) in [6.07, 6.45) is 4.47. The van der Waals surface area contributed by atoms with Gasteiger partial charge in [-0.25, -0.2) is 9.82 Å². The zero-order chi connectivity index (χ0) is 23.8. The Morgan fingerprint density at radius 2 is 2.09 bits per heavy atom. The smallest absolute Gasteiger partial charge is 0.307 e. The second-order valence-electron chi connectivity index (χ2n) is 8.71. The maximum atomic E-state index is 15.0. The van der Waals surface area contributed by atoms with Gasteiger partial charge in [-0.3, -0.25) is 4.79 Å². The number of hydrogen-bond acceptors (Lipinski definition) is 5. The van der Waals surface area contributed by atoms with Crippen molar-refractivity contribution in [2.75, 3.05) is 18.6 Å². The van der Waals surface area contributed by atoms with Gasteiger partial charge in [-0.05, 0) is 57.0 Å². The molecule has 1 aliphatic heterocycles. The first-order chi connectivity index (χ1) is 15.7. The van der Waals surface area contributed by atoms with E-state index in [9.17, 15) is 9.18 Å². The van der Waals surface area contributed by atoms with Crippen LogP contribution < -0.4 is 15.1 Å². The second-order valence-corrected chi connectivity index (χ2v) is 8.71. The normalized spacial score (nSPS) is 15.0. The van der Waals surface area contributed by atoms with Gasteiger partial charge in [0.25, 0.3) is 0 Å². The van der Waals surface area contributed by atoms with Crippen LogP contribution in [0.3, 0.4) is 0 Å². The van der Waals surface area contributed by atoms with Crippen molar-refractivity contribution in [1.82, 2.24) is 5.43 Å². The van der Waals surface area contributed by atoms with Crippen LogP contribution in [0.1, 0.15) is 55.8 Å². The maximum absolute atomic E-state index is 15.0. The summed E-state index contributed by atoms with van der Waals surface area (Å²) < 4.78 is 25.8. The largest absolute Gasteiger partial charge is 0.493 e. The predicted octanol–water partition coefficient (Wildman–Crippen LogP) is 5.76. The van der Waals surface area contributed by atoms with Crippen LogP contribution in [0.25, 0.3) is 16.5 Å². The molecule has 2 heterocycles. The number of methoxy groups -OCH3 is 1. The zero-order valence-corrected chi connectivity index (χ0v) is 19.5. The lowest BCUT2D eigenvalue weighted by molar-refractivity contribution is 0.0929. The number of allylic oxidation sites excluding steroid dienone is 1. The van der Waals surface area contributed by atoms with E-state index in [0.717, 1.165) is 35.2 Å². The molecule has 0 atom stereocenters. The molecule has 0 unspecified atom stereocenters. The van der Waals surface area contributed by atoms with Crippen LogP contribution in [0.15, 0.2) is 52.0 Å². The summed E-state index contributed by atoms with van der Waals surface area (Å²) in [6.45, 7) is 9.23. The van der Waals surface area contributed by atoms with Gasteiger partial charge in [-0.15, -0.1) is 0 Å². The average Bonchev–Trinajstić information content (AvgIpc) is 3.21. The Balaban J connectivity index is 1.57. The Hall–Kier alpha value is -3.61. The molecule has 4 rings (SSSR count). The Labute approximate surface area is 192 Å². The number of nitrogens with one attached hydrogen (secondary N) is 1. The zero-order valence-electron chi connectivity index (χ0n) is 19.5. The lowest BCUT2D eigenvalue weighted by Gasteiger charge is -2.43. The molecule has 172 valence electrons. The second kappa shape index (κ2) is 8.73. The van der Waals surface area contributed by atoms with E-state index < -0.39 is 11.7 Å². The maximum Gasteiger partial charge on any atom is 0.307 e. The third-order valence-electron chi connectivity index (χ3n) is 5.86. The Morgan fingerprint density at radius 3 is 2.82 bits per heavy atom. The quantitative estimate of drug-likeness (QED) is 0.384. The first kappa shape index (κ1) is 22.6. The van der Waals surface area contributed by atoms with Crippen LogP contribution in [-0.2, 0) is 0 Å². The fourth-order valence-electron chi connectivity index (χ4n) is 4.37. The van der Waals surface area contributed by atoms with Gasteiger partial charge in [0.2, 0.25) is 0 Å². The molecule has 3 aromatic rings. The number of carbonyl (C=O) groups excluding carboxylic acids is 1. The van der Waals surface area contributed by atoms with Crippen molar-refractivity contribution in [2.24, 2.45) is 5.10 Å². The van der Waals surface area contributed by atoms with Gasteiger partial charge in [-0.2, -0.15) is 5.10 Å². The number of furan rings is 1. The van der Waals surface area contributed by atoms with Crippen molar-refractivity contribution in [2.45, 2.75) is 39.7 Å². The first-order valence-corrected chi connectivity index (χ1v) is 11.0. The SMILES string of the molecule is CCCN1c2cc(F)c(/C=N\NC(=O)c3cc4cccc(OC)c4o3)cc2C(C)=CC1(C)C. The van der Waals surface area contributed by atoms with Gasteiger partial charge in [0.15, 0.2) is 17.1 Å². The number of carbonyl (C=O) groups is 1. The topological polar surface area (TPSA) is 67.1 Å². The number of rotatable bonds is 6. The Bertz CT molecular complexity index is 1270. The third kappa shape index (κ3) is 4.23. The van der Waals surface area contributed by atoms with Gasteiger partial charge in [0, 0.05) is 28.7 Å². The van der Waals surface area contributed by atoms with Crippen LogP contribution in [0.5, 0.6) is 5.75 Å². The molecule has 1 aliphatic rings. The molecular formula is C26H28FN3O3. The van der Waals surface area contributed by atoms with Crippen LogP contribution in [-0.4, -0.2) is 31.3 Å². The highest BCUT2D eigenvalue weighted by atomic mass is 19.1. The molecule has 1 amide bonds. The number of fused-ring (bicyclic) bond motifs is 2. The summed E-state index contributed by atoms with van der Waals surface area (Å²) in [5.41, 5.74) is 5.91. The van der Waals surface area contributed by atoms with Crippen LogP contribution in [0, 0.1) is 5.82 Å². The lowest BCUT2D eigenvalue weighted by Crippen LogP contribution is -2.45. The van der Waals surface area contributed by atoms with Gasteiger partial charge in [0.05, 0.1) is 18.9 Å². The number of ether oxygens (including phenoxy) is 1. The number of hydrazone groups is 1. The number of anilines is 1. The summed E-state index contributed by atoms with van der Waals surface area (Å²) >= 11 is 0. The summed E-state index contributed by atoms with van der Waals surface area (Å²) in [6, 6.07) is 10.3. The minimum atomic E-state index is -0.533. The molecule has 0 saturated heterocycles. The minimum Gasteiger partial charge on any atom is -0.493 e. The van der Waals surface area contributed by atoms with Crippen LogP contribution in [0.4, 0.5) is 10.1 Å². The monoisotopic (exact) mass is 449 g/mol. The average molecular weight is 450 g/mol. The van der Waals surface area contributed by atoms with E-state index in [1.54, 1.807) is 24.3 Å². The molecule has 1 N–H and O–H groups in total. The lowest BCUT2D eigenvalue weighted by atomic mass is 9.88. The van der Waals surface area contributed by atoms with Crippen molar-refractivity contribution in [3.8, 4) is 5.75 Å². The number of benzene rings is 2. The predicted molar refractivity (Wildman–Crippen MR) is 130 cm³/mol. The highest BCUT2D eigenvalue weighted by Gasteiger charge is 2.31. The molecular weight excluding hydrogens is 421 g/mol. The fraction of sp³-hybridized carbons (Fsp3) is 0.308. The van der Waals surface area contributed by atoms with E-state index in [-0.39, 0.29) is 11.3 Å². The van der Waals surface area contributed by atoms with E-state index in [0.29, 0.717) is 16.9 Å². The number of para-hydroxylation sites is 1. The molecule has 7 heteroatoms. The van der Waals surface area contributed by atoms with Crippen LogP contribution in [0.2, 0.25) is 0 Å². The van der Waals surface area contributed by atoms with Crippen molar-refractivity contribution in [3.05, 3.63) is 65.2 Å². The van der Waals surface area contributed by atoms with Gasteiger partial charge in [0.1, 0.15) is 5.82 Å². The number of hydrogen-bond donors (Lipinski definition) is 1. The number of amides is 1. The van der Waals surface area contributed by atoms with Gasteiger partial charge >= 0.3 is 5.91 Å². The van der Waals surface area contributed by atoms with Crippen molar-refractivity contribution in [1.29, 1.82) is 0 Å². The molecule has 2 aromatic carbocycles. The summed E-state index contributed by atoms with van der Waals surface area (Å²) in [5.74, 6) is -0.301. The van der Waals surface area contributed by atoms with Gasteiger partial charge < -0.3 is 14.1 Å². The van der Waals surface area contributed by atoms with Crippen molar-refractivity contribution >= 4 is 34.4 Å². The molecule has 0 spiro atoms. The van der Waals surface area contributed by atoms with Crippen LogP contribution >= 0.6 is 0 Å². The molecule has 0 saturated carbocycles.